The van der Waals surface area contributed by atoms with Crippen LogP contribution in [0, 0.1) is 6.92 Å². The van der Waals surface area contributed by atoms with Crippen LogP contribution in [0.5, 0.6) is 5.75 Å². The Balaban J connectivity index is 2.33. The molecule has 1 heterocycles. The van der Waals surface area contributed by atoms with E-state index in [9.17, 15) is 9.59 Å². The van der Waals surface area contributed by atoms with Crippen molar-refractivity contribution in [3.63, 3.8) is 0 Å². The Morgan fingerprint density at radius 1 is 1.29 bits per heavy atom. The number of rotatable bonds is 4. The smallest absolute Gasteiger partial charge is 0.266 e. The molecule has 21 heavy (non-hydrogen) atoms. The number of para-hydroxylation sites is 2. The number of nitrogens with one attached hydrogen (secondary N) is 1. The summed E-state index contributed by atoms with van der Waals surface area (Å²) in [6.45, 7) is 1.64. The minimum absolute atomic E-state index is 0.199. The van der Waals surface area contributed by atoms with Gasteiger partial charge in [-0.05, 0) is 24.6 Å². The zero-order valence-corrected chi connectivity index (χ0v) is 12.4. The van der Waals surface area contributed by atoms with E-state index in [2.05, 4.69) is 5.32 Å². The predicted molar refractivity (Wildman–Crippen MR) is 82.9 cm³/mol. The van der Waals surface area contributed by atoms with Gasteiger partial charge in [0, 0.05) is 0 Å². The largest absolute Gasteiger partial charge is 0.495 e. The molecule has 1 aromatic carbocycles. The molecule has 5 N–H and O–H groups in total. The van der Waals surface area contributed by atoms with Crippen LogP contribution in [0.1, 0.15) is 25.6 Å². The van der Waals surface area contributed by atoms with Gasteiger partial charge >= 0.3 is 0 Å². The molecule has 2 aromatic rings. The first kappa shape index (κ1) is 14.9. The molecule has 6 nitrogen and oxygen atoms in total. The minimum Gasteiger partial charge on any atom is -0.495 e. The third-order valence-electron chi connectivity index (χ3n) is 2.98. The number of hydrogen-bond acceptors (Lipinski definition) is 5. The van der Waals surface area contributed by atoms with Crippen LogP contribution in [-0.4, -0.2) is 18.9 Å². The standard InChI is InChI=1S/C14H15N3O3S/c1-7-10(12(15)18)13(16)21-11(7)14(19)17-8-5-3-4-6-9(8)20-2/h3-6H,16H2,1-2H3,(H2,15,18)(H,17,19). The zero-order chi connectivity index (χ0) is 15.6. The molecule has 0 saturated heterocycles. The molecule has 0 aliphatic rings. The number of anilines is 2. The average Bonchev–Trinajstić information content (AvgIpc) is 2.74. The lowest BCUT2D eigenvalue weighted by Crippen LogP contribution is -2.15. The number of primary amides is 1. The van der Waals surface area contributed by atoms with E-state index in [1.807, 2.05) is 0 Å². The maximum atomic E-state index is 12.3. The molecule has 2 rings (SSSR count). The number of carbonyl (C=O) groups excluding carboxylic acids is 2. The van der Waals surface area contributed by atoms with Crippen molar-refractivity contribution < 1.29 is 14.3 Å². The summed E-state index contributed by atoms with van der Waals surface area (Å²) in [5, 5.41) is 2.98. The summed E-state index contributed by atoms with van der Waals surface area (Å²) in [5.41, 5.74) is 12.2. The molecular weight excluding hydrogens is 290 g/mol. The lowest BCUT2D eigenvalue weighted by atomic mass is 10.1. The Morgan fingerprint density at radius 3 is 2.52 bits per heavy atom. The third kappa shape index (κ3) is 2.82. The molecule has 110 valence electrons. The van der Waals surface area contributed by atoms with Gasteiger partial charge in [-0.2, -0.15) is 0 Å². The van der Waals surface area contributed by atoms with E-state index < -0.39 is 5.91 Å². The Bertz CT molecular complexity index is 709. The first-order chi connectivity index (χ1) is 9.95. The lowest BCUT2D eigenvalue weighted by Gasteiger charge is -2.09. The van der Waals surface area contributed by atoms with Crippen LogP contribution in [0.15, 0.2) is 24.3 Å². The zero-order valence-electron chi connectivity index (χ0n) is 11.6. The van der Waals surface area contributed by atoms with Crippen LogP contribution in [-0.2, 0) is 0 Å². The van der Waals surface area contributed by atoms with Crippen molar-refractivity contribution in [1.82, 2.24) is 0 Å². The monoisotopic (exact) mass is 305 g/mol. The number of ether oxygens (including phenoxy) is 1. The van der Waals surface area contributed by atoms with Crippen LogP contribution >= 0.6 is 11.3 Å². The molecule has 0 unspecified atom stereocenters. The molecule has 2 amide bonds. The third-order valence-corrected chi connectivity index (χ3v) is 4.10. The first-order valence-electron chi connectivity index (χ1n) is 6.08. The Hall–Kier alpha value is -2.54. The van der Waals surface area contributed by atoms with E-state index in [1.54, 1.807) is 31.2 Å². The lowest BCUT2D eigenvalue weighted by molar-refractivity contribution is 0.100. The average molecular weight is 305 g/mol. The van der Waals surface area contributed by atoms with Gasteiger partial charge in [0.2, 0.25) is 0 Å². The van der Waals surface area contributed by atoms with Crippen molar-refractivity contribution in [2.45, 2.75) is 6.92 Å². The fraction of sp³-hybridized carbons (Fsp3) is 0.143. The van der Waals surface area contributed by atoms with E-state index in [0.717, 1.165) is 11.3 Å². The number of nitrogens with two attached hydrogens (primary N) is 2. The summed E-state index contributed by atoms with van der Waals surface area (Å²) < 4.78 is 5.17. The molecule has 1 aromatic heterocycles. The highest BCUT2D eigenvalue weighted by Gasteiger charge is 2.22. The SMILES string of the molecule is COc1ccccc1NC(=O)c1sc(N)c(C(N)=O)c1C. The Kier molecular flexibility index (Phi) is 4.13. The van der Waals surface area contributed by atoms with E-state index in [0.29, 0.717) is 21.9 Å². The summed E-state index contributed by atoms with van der Waals surface area (Å²) in [6, 6.07) is 7.04. The molecule has 0 bridgehead atoms. The molecule has 7 heteroatoms. The second-order valence-electron chi connectivity index (χ2n) is 4.31. The fourth-order valence-corrected chi connectivity index (χ4v) is 2.96. The maximum Gasteiger partial charge on any atom is 0.266 e. The van der Waals surface area contributed by atoms with Crippen molar-refractivity contribution in [2.24, 2.45) is 5.73 Å². The molecule has 0 fully saturated rings. The van der Waals surface area contributed by atoms with Crippen LogP contribution in [0.3, 0.4) is 0 Å². The summed E-state index contributed by atoms with van der Waals surface area (Å²) >= 11 is 1.03. The van der Waals surface area contributed by atoms with Crippen molar-refractivity contribution in [2.75, 3.05) is 18.2 Å². The Labute approximate surface area is 125 Å². The van der Waals surface area contributed by atoms with Crippen molar-refractivity contribution >= 4 is 33.8 Å². The summed E-state index contributed by atoms with van der Waals surface area (Å²) in [7, 11) is 1.52. The van der Waals surface area contributed by atoms with Gasteiger partial charge in [0.1, 0.15) is 5.75 Å². The maximum absolute atomic E-state index is 12.3. The number of methoxy groups -OCH3 is 1. The number of benzene rings is 1. The van der Waals surface area contributed by atoms with Gasteiger partial charge in [-0.3, -0.25) is 9.59 Å². The quantitative estimate of drug-likeness (QED) is 0.802. The topological polar surface area (TPSA) is 107 Å². The van der Waals surface area contributed by atoms with Crippen LogP contribution in [0.25, 0.3) is 0 Å². The number of nitrogen functional groups attached to an aromatic ring is 1. The van der Waals surface area contributed by atoms with Crippen molar-refractivity contribution in [3.8, 4) is 5.75 Å². The highest BCUT2D eigenvalue weighted by Crippen LogP contribution is 2.31. The number of thiophene rings is 1. The van der Waals surface area contributed by atoms with Gasteiger partial charge in [0.05, 0.1) is 28.2 Å². The molecule has 0 atom stereocenters. The second-order valence-corrected chi connectivity index (χ2v) is 5.37. The van der Waals surface area contributed by atoms with Gasteiger partial charge in [-0.15, -0.1) is 11.3 Å². The molecule has 0 saturated carbocycles. The van der Waals surface area contributed by atoms with Gasteiger partial charge in [-0.25, -0.2) is 0 Å². The highest BCUT2D eigenvalue weighted by atomic mass is 32.1. The second kappa shape index (κ2) is 5.84. The van der Waals surface area contributed by atoms with E-state index in [4.69, 9.17) is 16.2 Å². The van der Waals surface area contributed by atoms with E-state index in [1.165, 1.54) is 7.11 Å². The Morgan fingerprint density at radius 2 is 1.95 bits per heavy atom. The van der Waals surface area contributed by atoms with Crippen LogP contribution < -0.4 is 21.5 Å². The minimum atomic E-state index is -0.641. The van der Waals surface area contributed by atoms with Crippen molar-refractivity contribution in [3.05, 3.63) is 40.3 Å². The first-order valence-corrected chi connectivity index (χ1v) is 6.90. The molecular formula is C14H15N3O3S. The number of carbonyl (C=O) groups is 2. The van der Waals surface area contributed by atoms with Gasteiger partial charge in [0.15, 0.2) is 0 Å². The fourth-order valence-electron chi connectivity index (χ4n) is 1.99. The van der Waals surface area contributed by atoms with Crippen LogP contribution in [0.4, 0.5) is 10.7 Å². The van der Waals surface area contributed by atoms with Crippen molar-refractivity contribution in [1.29, 1.82) is 0 Å². The van der Waals surface area contributed by atoms with Crippen LogP contribution in [0.2, 0.25) is 0 Å². The van der Waals surface area contributed by atoms with E-state index in [-0.39, 0.29) is 16.5 Å². The number of hydrogen-bond donors (Lipinski definition) is 3. The molecule has 0 radical (unpaired) electrons. The summed E-state index contributed by atoms with van der Waals surface area (Å²) in [6.07, 6.45) is 0. The predicted octanol–water partition coefficient (Wildman–Crippen LogP) is 2.00. The highest BCUT2D eigenvalue weighted by molar-refractivity contribution is 7.18. The van der Waals surface area contributed by atoms with E-state index >= 15 is 0 Å². The molecule has 0 aliphatic heterocycles. The number of amides is 2. The molecule has 0 spiro atoms. The van der Waals surface area contributed by atoms with Gasteiger partial charge in [-0.1, -0.05) is 12.1 Å². The molecule has 0 aliphatic carbocycles. The summed E-state index contributed by atoms with van der Waals surface area (Å²) in [4.78, 5) is 24.0. The van der Waals surface area contributed by atoms with Gasteiger partial charge in [0.25, 0.3) is 11.8 Å². The summed E-state index contributed by atoms with van der Waals surface area (Å²) in [5.74, 6) is -0.457. The normalized spacial score (nSPS) is 10.2. The van der Waals surface area contributed by atoms with Gasteiger partial charge < -0.3 is 21.5 Å².